The van der Waals surface area contributed by atoms with Gasteiger partial charge in [-0.3, -0.25) is 4.79 Å². The van der Waals surface area contributed by atoms with Crippen LogP contribution in [0.25, 0.3) is 0 Å². The van der Waals surface area contributed by atoms with Crippen LogP contribution >= 0.6 is 23.1 Å². The summed E-state index contributed by atoms with van der Waals surface area (Å²) in [6.07, 6.45) is 2.23. The molecule has 7 heteroatoms. The lowest BCUT2D eigenvalue weighted by Gasteiger charge is -2.08. The Balaban J connectivity index is 1.83. The highest BCUT2D eigenvalue weighted by molar-refractivity contribution is 8.02. The van der Waals surface area contributed by atoms with Gasteiger partial charge in [0.05, 0.1) is 5.25 Å². The van der Waals surface area contributed by atoms with Gasteiger partial charge in [-0.15, -0.1) is 10.2 Å². The first-order valence-corrected chi connectivity index (χ1v) is 7.81. The molecule has 1 aliphatic rings. The predicted molar refractivity (Wildman–Crippen MR) is 75.2 cm³/mol. The van der Waals surface area contributed by atoms with E-state index in [1.807, 2.05) is 6.92 Å². The van der Waals surface area contributed by atoms with Crippen molar-refractivity contribution in [1.82, 2.24) is 15.5 Å². The molecule has 100 valence electrons. The topological polar surface area (TPSA) is 66.9 Å². The third-order valence-electron chi connectivity index (χ3n) is 2.39. The smallest absolute Gasteiger partial charge is 0.233 e. The minimum atomic E-state index is -0.120. The lowest BCUT2D eigenvalue weighted by atomic mass is 10.4. The van der Waals surface area contributed by atoms with E-state index in [1.165, 1.54) is 23.1 Å². The van der Waals surface area contributed by atoms with E-state index >= 15 is 0 Å². The first kappa shape index (κ1) is 13.6. The lowest BCUT2D eigenvalue weighted by molar-refractivity contribution is -0.120. The molecule has 1 heterocycles. The quantitative estimate of drug-likeness (QED) is 0.784. The van der Waals surface area contributed by atoms with E-state index in [2.05, 4.69) is 34.7 Å². The van der Waals surface area contributed by atoms with Crippen LogP contribution in [0.4, 0.5) is 5.13 Å². The summed E-state index contributed by atoms with van der Waals surface area (Å²) in [5.74, 6) is 0.0936. The maximum Gasteiger partial charge on any atom is 0.233 e. The fourth-order valence-electron chi connectivity index (χ4n) is 1.31. The van der Waals surface area contributed by atoms with Crippen molar-refractivity contribution in [3.63, 3.8) is 0 Å². The molecule has 18 heavy (non-hydrogen) atoms. The Kier molecular flexibility index (Phi) is 4.45. The minimum absolute atomic E-state index is 0.0936. The first-order chi connectivity index (χ1) is 8.54. The molecular weight excluding hydrogens is 268 g/mol. The molecule has 1 aromatic heterocycles. The number of hydrogen-bond acceptors (Lipinski definition) is 6. The summed E-state index contributed by atoms with van der Waals surface area (Å²) >= 11 is 2.95. The van der Waals surface area contributed by atoms with Crippen LogP contribution in [-0.2, 0) is 4.79 Å². The second kappa shape index (κ2) is 5.88. The SMILES string of the molecule is CC(C)Nc1nnc(S[C@@H](C)C(=O)NC2CC2)s1. The second-order valence-corrected chi connectivity index (χ2v) is 7.28. The number of amides is 1. The van der Waals surface area contributed by atoms with Crippen LogP contribution in [0.15, 0.2) is 4.34 Å². The fourth-order valence-corrected chi connectivity index (χ4v) is 3.36. The number of anilines is 1. The zero-order chi connectivity index (χ0) is 13.1. The molecule has 2 rings (SSSR count). The summed E-state index contributed by atoms with van der Waals surface area (Å²) < 4.78 is 0.830. The third-order valence-corrected chi connectivity index (χ3v) is 4.43. The van der Waals surface area contributed by atoms with E-state index in [-0.39, 0.29) is 11.2 Å². The molecule has 1 atom stereocenters. The van der Waals surface area contributed by atoms with Crippen LogP contribution in [0.5, 0.6) is 0 Å². The Bertz CT molecular complexity index is 417. The van der Waals surface area contributed by atoms with Gasteiger partial charge in [-0.2, -0.15) is 0 Å². The molecule has 5 nitrogen and oxygen atoms in total. The number of carbonyl (C=O) groups is 1. The molecular formula is C11H18N4OS2. The van der Waals surface area contributed by atoms with E-state index < -0.39 is 0 Å². The molecule has 1 amide bonds. The molecule has 1 saturated carbocycles. The average Bonchev–Trinajstić information content (AvgIpc) is 2.99. The number of aromatic nitrogens is 2. The van der Waals surface area contributed by atoms with Crippen molar-refractivity contribution in [1.29, 1.82) is 0 Å². The van der Waals surface area contributed by atoms with Gasteiger partial charge in [0.1, 0.15) is 0 Å². The lowest BCUT2D eigenvalue weighted by Crippen LogP contribution is -2.32. The van der Waals surface area contributed by atoms with E-state index in [9.17, 15) is 4.79 Å². The van der Waals surface area contributed by atoms with Gasteiger partial charge in [0.25, 0.3) is 0 Å². The highest BCUT2D eigenvalue weighted by Gasteiger charge is 2.26. The van der Waals surface area contributed by atoms with Crippen LogP contribution in [0.3, 0.4) is 0 Å². The van der Waals surface area contributed by atoms with Crippen molar-refractivity contribution in [2.24, 2.45) is 0 Å². The molecule has 1 aromatic rings. The van der Waals surface area contributed by atoms with Crippen LogP contribution in [0.1, 0.15) is 33.6 Å². The van der Waals surface area contributed by atoms with Crippen LogP contribution < -0.4 is 10.6 Å². The van der Waals surface area contributed by atoms with E-state index in [4.69, 9.17) is 0 Å². The van der Waals surface area contributed by atoms with Crippen molar-refractivity contribution in [3.8, 4) is 0 Å². The van der Waals surface area contributed by atoms with Crippen LogP contribution in [0.2, 0.25) is 0 Å². The number of thioether (sulfide) groups is 1. The first-order valence-electron chi connectivity index (χ1n) is 6.11. The van der Waals surface area contributed by atoms with Gasteiger partial charge in [-0.25, -0.2) is 0 Å². The number of rotatable bonds is 6. The Morgan fingerprint density at radius 2 is 2.11 bits per heavy atom. The Labute approximate surface area is 115 Å². The van der Waals surface area contributed by atoms with E-state index in [1.54, 1.807) is 0 Å². The maximum absolute atomic E-state index is 11.8. The predicted octanol–water partition coefficient (Wildman–Crippen LogP) is 2.12. The third kappa shape index (κ3) is 4.13. The van der Waals surface area contributed by atoms with E-state index in [0.717, 1.165) is 22.3 Å². The summed E-state index contributed by atoms with van der Waals surface area (Å²) in [6.45, 7) is 6.01. The summed E-state index contributed by atoms with van der Waals surface area (Å²) in [5, 5.41) is 15.0. The molecule has 1 aliphatic carbocycles. The molecule has 0 spiro atoms. The Hall–Kier alpha value is -0.820. The van der Waals surface area contributed by atoms with Crippen molar-refractivity contribution >= 4 is 34.1 Å². The van der Waals surface area contributed by atoms with Gasteiger partial charge in [0, 0.05) is 12.1 Å². The van der Waals surface area contributed by atoms with Gasteiger partial charge in [0.2, 0.25) is 11.0 Å². The number of hydrogen-bond donors (Lipinski definition) is 2. The van der Waals surface area contributed by atoms with Crippen molar-refractivity contribution in [2.75, 3.05) is 5.32 Å². The summed E-state index contributed by atoms with van der Waals surface area (Å²) in [4.78, 5) is 11.8. The number of carbonyl (C=O) groups excluding carboxylic acids is 1. The van der Waals surface area contributed by atoms with Crippen molar-refractivity contribution in [3.05, 3.63) is 0 Å². The Morgan fingerprint density at radius 1 is 1.39 bits per heavy atom. The second-order valence-electron chi connectivity index (χ2n) is 4.72. The highest BCUT2D eigenvalue weighted by Crippen LogP contribution is 2.29. The van der Waals surface area contributed by atoms with Gasteiger partial charge in [-0.1, -0.05) is 23.1 Å². The van der Waals surface area contributed by atoms with Gasteiger partial charge < -0.3 is 10.6 Å². The molecule has 0 bridgehead atoms. The van der Waals surface area contributed by atoms with Gasteiger partial charge in [0.15, 0.2) is 4.34 Å². The standard InChI is InChI=1S/C11H18N4OS2/c1-6(2)12-10-14-15-11(18-10)17-7(3)9(16)13-8-4-5-8/h6-8H,4-5H2,1-3H3,(H,12,14)(H,13,16)/t7-/m0/s1. The normalized spacial score (nSPS) is 16.7. The zero-order valence-electron chi connectivity index (χ0n) is 10.8. The molecule has 0 aliphatic heterocycles. The molecule has 0 unspecified atom stereocenters. The zero-order valence-corrected chi connectivity index (χ0v) is 12.4. The van der Waals surface area contributed by atoms with Crippen molar-refractivity contribution < 1.29 is 4.79 Å². The minimum Gasteiger partial charge on any atom is -0.358 e. The molecule has 0 saturated heterocycles. The molecule has 0 aromatic carbocycles. The van der Waals surface area contributed by atoms with Gasteiger partial charge in [-0.05, 0) is 33.6 Å². The average molecular weight is 286 g/mol. The number of nitrogens with zero attached hydrogens (tertiary/aromatic N) is 2. The molecule has 0 radical (unpaired) electrons. The number of nitrogens with one attached hydrogen (secondary N) is 2. The van der Waals surface area contributed by atoms with E-state index in [0.29, 0.717) is 12.1 Å². The summed E-state index contributed by atoms with van der Waals surface area (Å²) in [5.41, 5.74) is 0. The fraction of sp³-hybridized carbons (Fsp3) is 0.727. The molecule has 1 fully saturated rings. The maximum atomic E-state index is 11.8. The largest absolute Gasteiger partial charge is 0.358 e. The Morgan fingerprint density at radius 3 is 2.72 bits per heavy atom. The van der Waals surface area contributed by atoms with Crippen LogP contribution in [-0.4, -0.2) is 33.4 Å². The monoisotopic (exact) mass is 286 g/mol. The van der Waals surface area contributed by atoms with Gasteiger partial charge >= 0.3 is 0 Å². The summed E-state index contributed by atoms with van der Waals surface area (Å²) in [7, 11) is 0. The van der Waals surface area contributed by atoms with Crippen LogP contribution in [0, 0.1) is 0 Å². The van der Waals surface area contributed by atoms with Crippen molar-refractivity contribution in [2.45, 2.75) is 55.3 Å². The highest BCUT2D eigenvalue weighted by atomic mass is 32.2. The summed E-state index contributed by atoms with van der Waals surface area (Å²) in [6, 6.07) is 0.750. The molecule has 2 N–H and O–H groups in total.